The van der Waals surface area contributed by atoms with Gasteiger partial charge in [0.1, 0.15) is 30.1 Å². The highest BCUT2D eigenvalue weighted by Gasteiger charge is 2.54. The van der Waals surface area contributed by atoms with E-state index in [2.05, 4.69) is 25.0 Å². The van der Waals surface area contributed by atoms with Crippen molar-refractivity contribution < 1.29 is 52.1 Å². The molecule has 5 rings (SSSR count). The fourth-order valence-electron chi connectivity index (χ4n) is 8.78. The van der Waals surface area contributed by atoms with Gasteiger partial charge in [-0.3, -0.25) is 9.59 Å². The lowest BCUT2D eigenvalue weighted by atomic mass is 9.70. The number of oxazole rings is 1. The van der Waals surface area contributed by atoms with Gasteiger partial charge in [0.25, 0.3) is 5.67 Å². The number of Topliss-reactive ketones (excluding diaryl/α,β-unsaturated/α-hetero) is 1. The van der Waals surface area contributed by atoms with Gasteiger partial charge in [0.2, 0.25) is 11.8 Å². The summed E-state index contributed by atoms with van der Waals surface area (Å²) in [6, 6.07) is 5.19. The number of aliphatic hydroxyl groups is 1. The van der Waals surface area contributed by atoms with E-state index in [9.17, 15) is 19.5 Å². The summed E-state index contributed by atoms with van der Waals surface area (Å²) in [4.78, 5) is 62.2. The summed E-state index contributed by atoms with van der Waals surface area (Å²) in [6.45, 7) is 12.2. The second-order valence-corrected chi connectivity index (χ2v) is 17.6. The molecule has 3 N–H and O–H groups in total. The Labute approximate surface area is 351 Å². The Morgan fingerprint density at radius 1 is 1.10 bits per heavy atom. The van der Waals surface area contributed by atoms with Gasteiger partial charge in [0.05, 0.1) is 35.7 Å². The fourth-order valence-corrected chi connectivity index (χ4v) is 8.78. The minimum atomic E-state index is -3.10. The molecule has 16 nitrogen and oxygen atoms in total. The van der Waals surface area contributed by atoms with E-state index in [0.29, 0.717) is 35.0 Å². The minimum Gasteiger partial charge on any atom is -0.460 e. The molecular weight excluding hydrogens is 780 g/mol. The lowest BCUT2D eigenvalue weighted by molar-refractivity contribution is -0.264. The fraction of sp³-hybridized carbons (Fsp3) is 0.698. The molecule has 2 bridgehead atoms. The van der Waals surface area contributed by atoms with E-state index in [1.807, 2.05) is 34.9 Å². The third kappa shape index (κ3) is 11.0. The van der Waals surface area contributed by atoms with Gasteiger partial charge in [0, 0.05) is 36.4 Å². The van der Waals surface area contributed by atoms with Gasteiger partial charge in [-0.25, -0.2) is 24.1 Å². The number of nitrogens with zero attached hydrogens (tertiary/aromatic N) is 5. The number of hydrogen-bond donors (Lipinski definition) is 2. The summed E-state index contributed by atoms with van der Waals surface area (Å²) < 4.78 is 47.7. The Morgan fingerprint density at radius 3 is 2.52 bits per heavy atom. The Bertz CT molecular complexity index is 1900. The van der Waals surface area contributed by atoms with Crippen LogP contribution in [0.25, 0.3) is 11.6 Å². The van der Waals surface area contributed by atoms with E-state index in [4.69, 9.17) is 33.9 Å². The largest absolute Gasteiger partial charge is 0.460 e. The average molecular weight is 843 g/mol. The molecule has 0 spiro atoms. The molecule has 0 radical (unpaired) electrons. The molecule has 11 atom stereocenters. The highest BCUT2D eigenvalue weighted by atomic mass is 19.1. The van der Waals surface area contributed by atoms with Gasteiger partial charge in [-0.15, -0.1) is 0 Å². The van der Waals surface area contributed by atoms with Gasteiger partial charge in [-0.2, -0.15) is 0 Å². The van der Waals surface area contributed by atoms with E-state index in [0.717, 1.165) is 13.3 Å². The summed E-state index contributed by atoms with van der Waals surface area (Å²) in [5.74, 6) is -5.38. The number of pyridine rings is 1. The first kappa shape index (κ1) is 46.9. The van der Waals surface area contributed by atoms with Crippen molar-refractivity contribution in [3.05, 3.63) is 30.2 Å². The minimum absolute atomic E-state index is 0.0769. The van der Waals surface area contributed by atoms with Crippen LogP contribution in [0.5, 0.6) is 0 Å². The molecule has 1 unspecified atom stereocenters. The maximum Gasteiger partial charge on any atom is 0.351 e. The smallest absolute Gasteiger partial charge is 0.351 e. The number of anilines is 1. The van der Waals surface area contributed by atoms with Crippen LogP contribution in [0.1, 0.15) is 99.6 Å². The Balaban J connectivity index is 1.61. The first-order chi connectivity index (χ1) is 28.1. The highest BCUT2D eigenvalue weighted by Crippen LogP contribution is 2.41. The van der Waals surface area contributed by atoms with Crippen LogP contribution in [0.3, 0.4) is 0 Å². The zero-order chi connectivity index (χ0) is 44.2. The number of esters is 1. The quantitative estimate of drug-likeness (QED) is 0.191. The second kappa shape index (κ2) is 19.3. The molecule has 2 aromatic heterocycles. The number of aromatic nitrogens is 2. The Morgan fingerprint density at radius 2 is 1.83 bits per heavy atom. The molecule has 1 amide bonds. The number of amides is 1. The third-order valence-corrected chi connectivity index (χ3v) is 12.2. The molecule has 17 heteroatoms. The van der Waals surface area contributed by atoms with Crippen LogP contribution in [-0.2, 0) is 44.8 Å². The number of halogens is 1. The van der Waals surface area contributed by atoms with Crippen LogP contribution in [0, 0.1) is 23.7 Å². The highest BCUT2D eigenvalue weighted by molar-refractivity contribution is 6.08. The van der Waals surface area contributed by atoms with Crippen LogP contribution in [0.15, 0.2) is 39.0 Å². The molecule has 3 aliphatic heterocycles. The lowest BCUT2D eigenvalue weighted by Gasteiger charge is -2.46. The first-order valence-corrected chi connectivity index (χ1v) is 20.9. The van der Waals surface area contributed by atoms with Crippen molar-refractivity contribution >= 4 is 34.9 Å². The lowest BCUT2D eigenvalue weighted by Crippen LogP contribution is -2.58. The van der Waals surface area contributed by atoms with E-state index in [-0.39, 0.29) is 62.8 Å². The van der Waals surface area contributed by atoms with Gasteiger partial charge < -0.3 is 43.9 Å². The number of oxime groups is 1. The summed E-state index contributed by atoms with van der Waals surface area (Å²) >= 11 is 0. The number of hydrogen-bond acceptors (Lipinski definition) is 15. The molecule has 3 fully saturated rings. The van der Waals surface area contributed by atoms with E-state index < -0.39 is 71.3 Å². The van der Waals surface area contributed by atoms with Crippen molar-refractivity contribution in [1.29, 1.82) is 0 Å². The molecule has 2 aromatic rings. The zero-order valence-corrected chi connectivity index (χ0v) is 36.6. The number of carbonyl (C=O) groups excluding carboxylic acids is 3. The molecule has 0 aliphatic carbocycles. The molecule has 332 valence electrons. The molecule has 5 heterocycles. The summed E-state index contributed by atoms with van der Waals surface area (Å²) in [6.07, 6.45) is 1.10. The van der Waals surface area contributed by atoms with Crippen LogP contribution in [-0.4, -0.2) is 118 Å². The van der Waals surface area contributed by atoms with Gasteiger partial charge >= 0.3 is 5.97 Å². The number of alkyl halides is 1. The third-order valence-electron chi connectivity index (χ3n) is 12.2. The predicted molar refractivity (Wildman–Crippen MR) is 220 cm³/mol. The summed E-state index contributed by atoms with van der Waals surface area (Å²) in [5, 5.41) is 16.6. The monoisotopic (exact) mass is 842 g/mol. The zero-order valence-electron chi connectivity index (χ0n) is 36.6. The SMILES string of the molecule is CCC(=O)/N=C1\[C@H](C)C[C@@]2(C)OC/C(=N/OCc3coc(-c4cccc(N)n4)n3)CC[C@H]([C@H]1C)C(C)(O)COC(=O)[C@@](C)(F)C(=O)[C@H](C)[C@H]2O[C@H]1C[C@@H](N(C)C)C[C@@H](C)O1. The van der Waals surface area contributed by atoms with Gasteiger partial charge in [-0.1, -0.05) is 38.9 Å². The van der Waals surface area contributed by atoms with Crippen LogP contribution in [0.4, 0.5) is 10.2 Å². The Hall–Kier alpha value is -4.16. The molecule has 60 heavy (non-hydrogen) atoms. The number of carbonyl (C=O) groups is 3. The first-order valence-electron chi connectivity index (χ1n) is 20.9. The summed E-state index contributed by atoms with van der Waals surface area (Å²) in [7, 11) is 3.94. The predicted octanol–water partition coefficient (Wildman–Crippen LogP) is 5.50. The number of cyclic esters (lactones) is 1. The Kier molecular flexibility index (Phi) is 15.1. The second-order valence-electron chi connectivity index (χ2n) is 17.6. The maximum atomic E-state index is 16.6. The number of rotatable bonds is 8. The van der Waals surface area contributed by atoms with Crippen molar-refractivity contribution in [2.45, 2.75) is 142 Å². The van der Waals surface area contributed by atoms with Crippen LogP contribution in [0.2, 0.25) is 0 Å². The molecule has 3 aliphatic rings. The van der Waals surface area contributed by atoms with Gasteiger partial charge in [-0.05, 0) is 91.4 Å². The standard InChI is InChI=1S/C43H63FN6O10/c1-11-34(51)48-36-24(2)19-42(7)38(60-35-18-30(50(9)10)17-25(3)59-35)27(5)37(52)43(8,44)40(53)56-23-41(6,54)31(26(36)4)16-15-28(21-57-42)49-58-22-29-20-55-39(46-29)32-13-12-14-33(45)47-32/h12-14,20,24-27,30-31,35,38,54H,11,15-19,21-23H2,1-10H3,(H2,45,47)/b48-36+,49-28+/t24-,25-,26-,27+,30+,31-,35+,38-,41?,42-,43+/m1/s1. The molecule has 3 saturated heterocycles. The van der Waals surface area contributed by atoms with Crippen LogP contribution >= 0.6 is 0 Å². The number of ketones is 1. The normalized spacial score (nSPS) is 36.4. The topological polar surface area (TPSA) is 210 Å². The maximum absolute atomic E-state index is 16.6. The molecular formula is C43H63FN6O10. The van der Waals surface area contributed by atoms with Crippen molar-refractivity contribution in [3.8, 4) is 11.6 Å². The average Bonchev–Trinajstić information content (AvgIpc) is 3.66. The van der Waals surface area contributed by atoms with Crippen molar-refractivity contribution in [2.24, 2.45) is 33.8 Å². The van der Waals surface area contributed by atoms with E-state index in [1.54, 1.807) is 32.0 Å². The molecule has 0 saturated carbocycles. The van der Waals surface area contributed by atoms with Crippen molar-refractivity contribution in [3.63, 3.8) is 0 Å². The number of nitrogens with two attached hydrogens (primary N) is 1. The van der Waals surface area contributed by atoms with Crippen molar-refractivity contribution in [2.75, 3.05) is 33.0 Å². The molecule has 0 aromatic carbocycles. The number of ether oxygens (including phenoxy) is 4. The van der Waals surface area contributed by atoms with Crippen molar-refractivity contribution in [1.82, 2.24) is 14.9 Å². The summed E-state index contributed by atoms with van der Waals surface area (Å²) in [5.41, 5.74) is 1.34. The van der Waals surface area contributed by atoms with Gasteiger partial charge in [0.15, 0.2) is 18.7 Å². The van der Waals surface area contributed by atoms with E-state index >= 15 is 4.39 Å². The number of aliphatic imine (C=N–C) groups is 1. The van der Waals surface area contributed by atoms with E-state index in [1.165, 1.54) is 20.1 Å². The number of nitrogen functional groups attached to an aromatic ring is 1. The number of fused-ring (bicyclic) bond motifs is 5. The van der Waals surface area contributed by atoms with Crippen LogP contribution < -0.4 is 5.73 Å².